The Labute approximate surface area is 112 Å². The topological polar surface area (TPSA) is 18.5 Å². The lowest BCUT2D eigenvalue weighted by Crippen LogP contribution is -1.87. The highest BCUT2D eigenvalue weighted by molar-refractivity contribution is 7.99. The Morgan fingerprint density at radius 1 is 0.889 bits per heavy atom. The molecular formula is C15H16O2S. The normalized spacial score (nSPS) is 10.2. The van der Waals surface area contributed by atoms with E-state index in [1.54, 1.807) is 26.0 Å². The van der Waals surface area contributed by atoms with Crippen molar-refractivity contribution in [1.29, 1.82) is 0 Å². The second-order valence-corrected chi connectivity index (χ2v) is 5.05. The summed E-state index contributed by atoms with van der Waals surface area (Å²) >= 11 is 1.69. The van der Waals surface area contributed by atoms with Crippen LogP contribution in [-0.4, -0.2) is 14.2 Å². The number of methoxy groups -OCH3 is 2. The molecule has 2 rings (SSSR count). The van der Waals surface area contributed by atoms with Gasteiger partial charge in [-0.05, 0) is 48.9 Å². The van der Waals surface area contributed by atoms with Crippen LogP contribution < -0.4 is 9.47 Å². The minimum atomic E-state index is 0.871. The molecule has 2 nitrogen and oxygen atoms in total. The third kappa shape index (κ3) is 2.99. The van der Waals surface area contributed by atoms with E-state index < -0.39 is 0 Å². The number of benzene rings is 2. The zero-order chi connectivity index (χ0) is 13.0. The van der Waals surface area contributed by atoms with E-state index in [1.807, 2.05) is 30.3 Å². The van der Waals surface area contributed by atoms with Crippen LogP contribution in [0, 0.1) is 6.92 Å². The fourth-order valence-electron chi connectivity index (χ4n) is 1.63. The third-order valence-corrected chi connectivity index (χ3v) is 3.67. The van der Waals surface area contributed by atoms with Crippen LogP contribution in [0.1, 0.15) is 5.56 Å². The quantitative estimate of drug-likeness (QED) is 0.822. The molecule has 2 aromatic carbocycles. The van der Waals surface area contributed by atoms with E-state index >= 15 is 0 Å². The minimum absolute atomic E-state index is 0.871. The molecule has 18 heavy (non-hydrogen) atoms. The standard InChI is InChI=1S/C15H16O2S/c1-11-4-9-15(14(10-11)17-3)18-13-7-5-12(16-2)6-8-13/h4-10H,1-3H3. The first-order chi connectivity index (χ1) is 8.72. The molecule has 0 heterocycles. The Bertz CT molecular complexity index is 521. The molecule has 0 aliphatic carbocycles. The van der Waals surface area contributed by atoms with Crippen molar-refractivity contribution in [1.82, 2.24) is 0 Å². The number of hydrogen-bond donors (Lipinski definition) is 0. The van der Waals surface area contributed by atoms with Crippen molar-refractivity contribution in [3.8, 4) is 11.5 Å². The van der Waals surface area contributed by atoms with Crippen LogP contribution in [0.4, 0.5) is 0 Å². The van der Waals surface area contributed by atoms with Gasteiger partial charge in [-0.25, -0.2) is 0 Å². The Kier molecular flexibility index (Phi) is 4.15. The molecular weight excluding hydrogens is 244 g/mol. The SMILES string of the molecule is COc1ccc(Sc2ccc(C)cc2OC)cc1. The minimum Gasteiger partial charge on any atom is -0.497 e. The maximum Gasteiger partial charge on any atom is 0.133 e. The van der Waals surface area contributed by atoms with Crippen molar-refractivity contribution >= 4 is 11.8 Å². The van der Waals surface area contributed by atoms with Crippen molar-refractivity contribution < 1.29 is 9.47 Å². The lowest BCUT2D eigenvalue weighted by molar-refractivity contribution is 0.404. The predicted octanol–water partition coefficient (Wildman–Crippen LogP) is 4.16. The second kappa shape index (κ2) is 5.83. The van der Waals surface area contributed by atoms with E-state index in [4.69, 9.17) is 9.47 Å². The summed E-state index contributed by atoms with van der Waals surface area (Å²) in [4.78, 5) is 2.28. The molecule has 0 amide bonds. The van der Waals surface area contributed by atoms with Crippen LogP contribution in [0.3, 0.4) is 0 Å². The van der Waals surface area contributed by atoms with Crippen LogP contribution >= 0.6 is 11.8 Å². The van der Waals surface area contributed by atoms with E-state index in [0.29, 0.717) is 0 Å². The Morgan fingerprint density at radius 3 is 2.22 bits per heavy atom. The number of rotatable bonds is 4. The third-order valence-electron chi connectivity index (χ3n) is 2.61. The molecule has 0 radical (unpaired) electrons. The van der Waals surface area contributed by atoms with E-state index in [0.717, 1.165) is 21.3 Å². The molecule has 0 unspecified atom stereocenters. The molecule has 0 fully saturated rings. The summed E-state index contributed by atoms with van der Waals surface area (Å²) < 4.78 is 10.5. The van der Waals surface area contributed by atoms with Crippen LogP contribution in [0.25, 0.3) is 0 Å². The van der Waals surface area contributed by atoms with Gasteiger partial charge < -0.3 is 9.47 Å². The van der Waals surface area contributed by atoms with Crippen LogP contribution in [0.2, 0.25) is 0 Å². The summed E-state index contributed by atoms with van der Waals surface area (Å²) in [6, 6.07) is 14.2. The summed E-state index contributed by atoms with van der Waals surface area (Å²) in [6.07, 6.45) is 0. The lowest BCUT2D eigenvalue weighted by Gasteiger charge is -2.09. The lowest BCUT2D eigenvalue weighted by atomic mass is 10.2. The molecule has 0 atom stereocenters. The Hall–Kier alpha value is -1.61. The first-order valence-corrected chi connectivity index (χ1v) is 6.51. The van der Waals surface area contributed by atoms with Gasteiger partial charge in [-0.15, -0.1) is 0 Å². The second-order valence-electron chi connectivity index (χ2n) is 3.93. The van der Waals surface area contributed by atoms with Gasteiger partial charge in [-0.2, -0.15) is 0 Å². The average Bonchev–Trinajstić information content (AvgIpc) is 2.41. The fourth-order valence-corrected chi connectivity index (χ4v) is 2.53. The molecule has 0 aliphatic heterocycles. The molecule has 0 aromatic heterocycles. The molecule has 94 valence electrons. The number of ether oxygens (including phenoxy) is 2. The van der Waals surface area contributed by atoms with Gasteiger partial charge in [0.15, 0.2) is 0 Å². The highest BCUT2D eigenvalue weighted by Crippen LogP contribution is 2.35. The summed E-state index contributed by atoms with van der Waals surface area (Å²) in [5, 5.41) is 0. The molecule has 0 saturated heterocycles. The van der Waals surface area contributed by atoms with E-state index in [-0.39, 0.29) is 0 Å². The summed E-state index contributed by atoms with van der Waals surface area (Å²) in [5.41, 5.74) is 1.20. The highest BCUT2D eigenvalue weighted by atomic mass is 32.2. The fraction of sp³-hybridized carbons (Fsp3) is 0.200. The molecule has 0 N–H and O–H groups in total. The van der Waals surface area contributed by atoms with Gasteiger partial charge in [0.2, 0.25) is 0 Å². The summed E-state index contributed by atoms with van der Waals surface area (Å²) in [5.74, 6) is 1.78. The van der Waals surface area contributed by atoms with Gasteiger partial charge in [-0.3, -0.25) is 0 Å². The monoisotopic (exact) mass is 260 g/mol. The van der Waals surface area contributed by atoms with Gasteiger partial charge in [0, 0.05) is 4.90 Å². The molecule has 0 aliphatic rings. The van der Waals surface area contributed by atoms with Gasteiger partial charge in [-0.1, -0.05) is 17.8 Å². The molecule has 2 aromatic rings. The number of aryl methyl sites for hydroxylation is 1. The average molecular weight is 260 g/mol. The molecule has 0 spiro atoms. The maximum atomic E-state index is 5.40. The molecule has 0 bridgehead atoms. The van der Waals surface area contributed by atoms with E-state index in [1.165, 1.54) is 5.56 Å². The Balaban J connectivity index is 2.22. The zero-order valence-electron chi connectivity index (χ0n) is 10.8. The molecule has 0 saturated carbocycles. The summed E-state index contributed by atoms with van der Waals surface area (Å²) in [6.45, 7) is 2.06. The van der Waals surface area contributed by atoms with Crippen LogP contribution in [0.15, 0.2) is 52.3 Å². The first-order valence-electron chi connectivity index (χ1n) is 5.69. The first kappa shape index (κ1) is 12.8. The summed E-state index contributed by atoms with van der Waals surface area (Å²) in [7, 11) is 3.37. The van der Waals surface area contributed by atoms with Crippen molar-refractivity contribution in [2.24, 2.45) is 0 Å². The number of hydrogen-bond acceptors (Lipinski definition) is 3. The predicted molar refractivity (Wildman–Crippen MR) is 74.8 cm³/mol. The smallest absolute Gasteiger partial charge is 0.133 e. The maximum absolute atomic E-state index is 5.40. The van der Waals surface area contributed by atoms with Crippen LogP contribution in [0.5, 0.6) is 11.5 Å². The van der Waals surface area contributed by atoms with Gasteiger partial charge in [0.05, 0.1) is 19.1 Å². The van der Waals surface area contributed by atoms with Gasteiger partial charge >= 0.3 is 0 Å². The zero-order valence-corrected chi connectivity index (χ0v) is 11.6. The largest absolute Gasteiger partial charge is 0.497 e. The van der Waals surface area contributed by atoms with Crippen molar-refractivity contribution in [2.75, 3.05) is 14.2 Å². The van der Waals surface area contributed by atoms with E-state index in [9.17, 15) is 0 Å². The van der Waals surface area contributed by atoms with Crippen molar-refractivity contribution in [2.45, 2.75) is 16.7 Å². The highest BCUT2D eigenvalue weighted by Gasteiger charge is 2.05. The van der Waals surface area contributed by atoms with Gasteiger partial charge in [0.1, 0.15) is 11.5 Å². The van der Waals surface area contributed by atoms with Crippen molar-refractivity contribution in [3.63, 3.8) is 0 Å². The van der Waals surface area contributed by atoms with Crippen LogP contribution in [-0.2, 0) is 0 Å². The van der Waals surface area contributed by atoms with Gasteiger partial charge in [0.25, 0.3) is 0 Å². The van der Waals surface area contributed by atoms with Crippen molar-refractivity contribution in [3.05, 3.63) is 48.0 Å². The van der Waals surface area contributed by atoms with E-state index in [2.05, 4.69) is 19.1 Å². The molecule has 3 heteroatoms. The Morgan fingerprint density at radius 2 is 1.61 bits per heavy atom.